The van der Waals surface area contributed by atoms with Gasteiger partial charge in [0.2, 0.25) is 0 Å². The molecular weight excluding hydrogens is 324 g/mol. The number of benzene rings is 1. The molecule has 3 rings (SSSR count). The van der Waals surface area contributed by atoms with Crippen molar-refractivity contribution in [3.05, 3.63) is 52.7 Å². The fraction of sp³-hybridized carbons (Fsp3) is 0.333. The van der Waals surface area contributed by atoms with Gasteiger partial charge in [0.25, 0.3) is 5.91 Å². The molecule has 24 heavy (non-hydrogen) atoms. The third-order valence-corrected chi connectivity index (χ3v) is 4.87. The highest BCUT2D eigenvalue weighted by Gasteiger charge is 2.26. The van der Waals surface area contributed by atoms with Crippen LogP contribution in [0.15, 0.2) is 47.8 Å². The monoisotopic (exact) mass is 344 g/mol. The van der Waals surface area contributed by atoms with E-state index in [1.807, 2.05) is 47.8 Å². The normalized spacial score (nSPS) is 20.2. The molecular formula is C18H20N2O3S. The Morgan fingerprint density at radius 3 is 2.67 bits per heavy atom. The van der Waals surface area contributed by atoms with Gasteiger partial charge in [-0.1, -0.05) is 24.3 Å². The number of para-hydroxylation sites is 1. The molecule has 2 amide bonds. The molecule has 126 valence electrons. The number of anilines is 1. The smallest absolute Gasteiger partial charge is 0.411 e. The molecule has 1 aliphatic carbocycles. The number of amides is 2. The Kier molecular flexibility index (Phi) is 5.48. The summed E-state index contributed by atoms with van der Waals surface area (Å²) in [6.45, 7) is 0. The van der Waals surface area contributed by atoms with Gasteiger partial charge in [0.05, 0.1) is 4.88 Å². The molecule has 0 unspecified atom stereocenters. The molecule has 1 saturated carbocycles. The van der Waals surface area contributed by atoms with E-state index in [-0.39, 0.29) is 18.1 Å². The highest BCUT2D eigenvalue weighted by atomic mass is 32.1. The zero-order chi connectivity index (χ0) is 16.8. The van der Waals surface area contributed by atoms with Crippen molar-refractivity contribution in [3.63, 3.8) is 0 Å². The zero-order valence-corrected chi connectivity index (χ0v) is 14.1. The van der Waals surface area contributed by atoms with E-state index >= 15 is 0 Å². The Hall–Kier alpha value is -2.34. The van der Waals surface area contributed by atoms with E-state index in [0.29, 0.717) is 17.0 Å². The number of thiophene rings is 1. The molecule has 1 aromatic carbocycles. The molecule has 0 saturated heterocycles. The van der Waals surface area contributed by atoms with Crippen molar-refractivity contribution in [2.75, 3.05) is 5.32 Å². The topological polar surface area (TPSA) is 67.4 Å². The van der Waals surface area contributed by atoms with Crippen LogP contribution in [0.2, 0.25) is 0 Å². The fourth-order valence-electron chi connectivity index (χ4n) is 2.87. The van der Waals surface area contributed by atoms with E-state index in [9.17, 15) is 9.59 Å². The maximum Gasteiger partial charge on any atom is 0.411 e. The van der Waals surface area contributed by atoms with E-state index in [1.165, 1.54) is 11.3 Å². The minimum Gasteiger partial charge on any atom is -0.446 e. The van der Waals surface area contributed by atoms with Gasteiger partial charge in [-0.05, 0) is 42.8 Å². The molecule has 1 aromatic heterocycles. The largest absolute Gasteiger partial charge is 0.446 e. The predicted molar refractivity (Wildman–Crippen MR) is 94.4 cm³/mol. The van der Waals surface area contributed by atoms with Crippen LogP contribution < -0.4 is 10.6 Å². The average molecular weight is 344 g/mol. The first-order chi connectivity index (χ1) is 11.7. The second kappa shape index (κ2) is 7.97. The summed E-state index contributed by atoms with van der Waals surface area (Å²) in [7, 11) is 0. The first-order valence-electron chi connectivity index (χ1n) is 8.08. The van der Waals surface area contributed by atoms with Crippen LogP contribution >= 0.6 is 11.3 Å². The van der Waals surface area contributed by atoms with Crippen LogP contribution in [0.5, 0.6) is 0 Å². The number of hydrogen-bond donors (Lipinski definition) is 2. The highest BCUT2D eigenvalue weighted by molar-refractivity contribution is 7.12. The Labute approximate surface area is 145 Å². The average Bonchev–Trinajstić information content (AvgIpc) is 3.10. The Balaban J connectivity index is 1.48. The third-order valence-electron chi connectivity index (χ3n) is 4.00. The van der Waals surface area contributed by atoms with Crippen molar-refractivity contribution in [2.24, 2.45) is 0 Å². The standard InChI is InChI=1S/C18H20N2O3S/c21-17(16-10-5-11-24-16)19-14-8-4-9-15(12-14)23-18(22)20-13-6-2-1-3-7-13/h1-3,5-7,10-11,14-15H,4,8-9,12H2,(H,19,21)(H,20,22)/t14-,15+/m0/s1. The lowest BCUT2D eigenvalue weighted by Gasteiger charge is -2.29. The highest BCUT2D eigenvalue weighted by Crippen LogP contribution is 2.22. The summed E-state index contributed by atoms with van der Waals surface area (Å²) in [6.07, 6.45) is 2.70. The van der Waals surface area contributed by atoms with Crippen LogP contribution in [-0.2, 0) is 4.74 Å². The van der Waals surface area contributed by atoms with Crippen molar-refractivity contribution < 1.29 is 14.3 Å². The van der Waals surface area contributed by atoms with E-state index < -0.39 is 6.09 Å². The molecule has 1 heterocycles. The van der Waals surface area contributed by atoms with E-state index in [4.69, 9.17) is 4.74 Å². The number of carbonyl (C=O) groups excluding carboxylic acids is 2. The number of nitrogens with one attached hydrogen (secondary N) is 2. The summed E-state index contributed by atoms with van der Waals surface area (Å²) in [5, 5.41) is 7.64. The molecule has 1 aliphatic rings. The number of hydrogen-bond acceptors (Lipinski definition) is 4. The Morgan fingerprint density at radius 1 is 1.08 bits per heavy atom. The van der Waals surface area contributed by atoms with Crippen LogP contribution in [0, 0.1) is 0 Å². The number of ether oxygens (including phenoxy) is 1. The molecule has 2 atom stereocenters. The zero-order valence-electron chi connectivity index (χ0n) is 13.2. The van der Waals surface area contributed by atoms with Gasteiger partial charge in [0, 0.05) is 18.2 Å². The van der Waals surface area contributed by atoms with Crippen molar-refractivity contribution in [1.29, 1.82) is 0 Å². The van der Waals surface area contributed by atoms with Gasteiger partial charge in [0.15, 0.2) is 0 Å². The van der Waals surface area contributed by atoms with Gasteiger partial charge in [-0.25, -0.2) is 4.79 Å². The molecule has 0 spiro atoms. The molecule has 0 aliphatic heterocycles. The van der Waals surface area contributed by atoms with Gasteiger partial charge >= 0.3 is 6.09 Å². The second-order valence-corrected chi connectivity index (χ2v) is 6.78. The van der Waals surface area contributed by atoms with Crippen LogP contribution in [0.1, 0.15) is 35.4 Å². The number of carbonyl (C=O) groups is 2. The summed E-state index contributed by atoms with van der Waals surface area (Å²) < 4.78 is 5.50. The Morgan fingerprint density at radius 2 is 1.92 bits per heavy atom. The predicted octanol–water partition coefficient (Wildman–Crippen LogP) is 4.04. The molecule has 6 heteroatoms. The molecule has 0 bridgehead atoms. The van der Waals surface area contributed by atoms with Gasteiger partial charge in [-0.15, -0.1) is 11.3 Å². The van der Waals surface area contributed by atoms with Gasteiger partial charge in [-0.3, -0.25) is 10.1 Å². The van der Waals surface area contributed by atoms with E-state index in [0.717, 1.165) is 19.3 Å². The molecule has 2 N–H and O–H groups in total. The van der Waals surface area contributed by atoms with Gasteiger partial charge in [-0.2, -0.15) is 0 Å². The van der Waals surface area contributed by atoms with Crippen LogP contribution in [0.3, 0.4) is 0 Å². The van der Waals surface area contributed by atoms with Crippen molar-refractivity contribution in [1.82, 2.24) is 5.32 Å². The van der Waals surface area contributed by atoms with Crippen LogP contribution in [-0.4, -0.2) is 24.1 Å². The second-order valence-electron chi connectivity index (χ2n) is 5.83. The van der Waals surface area contributed by atoms with E-state index in [2.05, 4.69) is 10.6 Å². The minimum atomic E-state index is -0.448. The number of rotatable bonds is 4. The van der Waals surface area contributed by atoms with Crippen molar-refractivity contribution in [3.8, 4) is 0 Å². The lowest BCUT2D eigenvalue weighted by Crippen LogP contribution is -2.41. The lowest BCUT2D eigenvalue weighted by atomic mass is 9.93. The van der Waals surface area contributed by atoms with Gasteiger partial charge < -0.3 is 10.1 Å². The molecule has 5 nitrogen and oxygen atoms in total. The van der Waals surface area contributed by atoms with Crippen molar-refractivity contribution in [2.45, 2.75) is 37.8 Å². The molecule has 0 radical (unpaired) electrons. The van der Waals surface area contributed by atoms with Gasteiger partial charge in [0.1, 0.15) is 6.10 Å². The SMILES string of the molecule is O=C(Nc1ccccc1)O[C@@H]1CCC[C@H](NC(=O)c2cccs2)C1. The summed E-state index contributed by atoms with van der Waals surface area (Å²) in [5.41, 5.74) is 0.709. The quantitative estimate of drug-likeness (QED) is 0.880. The summed E-state index contributed by atoms with van der Waals surface area (Å²) in [5.74, 6) is -0.0515. The lowest BCUT2D eigenvalue weighted by molar-refractivity contribution is 0.0714. The first kappa shape index (κ1) is 16.5. The summed E-state index contributed by atoms with van der Waals surface area (Å²) in [4.78, 5) is 24.8. The summed E-state index contributed by atoms with van der Waals surface area (Å²) in [6, 6.07) is 12.9. The molecule has 1 fully saturated rings. The minimum absolute atomic E-state index is 0.0443. The Bertz CT molecular complexity index is 673. The van der Waals surface area contributed by atoms with Crippen molar-refractivity contribution >= 4 is 29.0 Å². The first-order valence-corrected chi connectivity index (χ1v) is 8.96. The van der Waals surface area contributed by atoms with Crippen LogP contribution in [0.4, 0.5) is 10.5 Å². The summed E-state index contributed by atoms with van der Waals surface area (Å²) >= 11 is 1.42. The maximum atomic E-state index is 12.1. The fourth-order valence-corrected chi connectivity index (χ4v) is 3.49. The third kappa shape index (κ3) is 4.58. The van der Waals surface area contributed by atoms with E-state index in [1.54, 1.807) is 0 Å². The molecule has 2 aromatic rings. The van der Waals surface area contributed by atoms with Crippen LogP contribution in [0.25, 0.3) is 0 Å². The maximum absolute atomic E-state index is 12.1.